The molecule has 2 bridgehead atoms. The monoisotopic (exact) mass is 757 g/mol. The van der Waals surface area contributed by atoms with E-state index in [4.69, 9.17) is 14.5 Å². The van der Waals surface area contributed by atoms with Gasteiger partial charge in [-0.25, -0.2) is 14.8 Å². The number of alkyl carbamates (subject to hydrolysis) is 1. The molecule has 3 fully saturated rings. The number of likely N-dealkylation sites (tertiary alicyclic amines) is 1. The van der Waals surface area contributed by atoms with Crippen LogP contribution in [0.1, 0.15) is 62.6 Å². The fraction of sp³-hybridized carbons (Fsp3) is 0.381. The largest absolute Gasteiger partial charge is 0.453 e. The summed E-state index contributed by atoms with van der Waals surface area (Å²) in [5.41, 5.74) is 12.6. The summed E-state index contributed by atoms with van der Waals surface area (Å²) in [7, 11) is 2.77. The predicted octanol–water partition coefficient (Wildman–Crippen LogP) is 6.22. The van der Waals surface area contributed by atoms with E-state index >= 15 is 0 Å². The van der Waals surface area contributed by atoms with Gasteiger partial charge in [-0.3, -0.25) is 25.4 Å². The first-order chi connectivity index (χ1) is 27.3. The van der Waals surface area contributed by atoms with Gasteiger partial charge in [0, 0.05) is 25.8 Å². The number of carbonyl (C=O) groups excluding carboxylic acids is 3. The van der Waals surface area contributed by atoms with Gasteiger partial charge in [0.05, 0.1) is 60.8 Å². The SMILES string of the molecule is COC(=O)N[C@H](C(=O)N1CCC[C@H]1c1ncc(-c2ccc(-c3ccc(-c4cnc(C5C6CCC(C6)[C@@H]5C(=O)NNc5cccnc5)[nH]4)cc3)cc2)[nH]1)[C@@H](C)OC. The number of hydrogen-bond acceptors (Lipinski definition) is 9. The number of nitrogens with zero attached hydrogens (tertiary/aromatic N) is 4. The number of pyridine rings is 1. The molecule has 3 aromatic heterocycles. The quantitative estimate of drug-likeness (QED) is 0.0924. The van der Waals surface area contributed by atoms with Crippen molar-refractivity contribution in [3.63, 3.8) is 0 Å². The van der Waals surface area contributed by atoms with E-state index in [-0.39, 0.29) is 29.7 Å². The summed E-state index contributed by atoms with van der Waals surface area (Å²) < 4.78 is 10.2. The third-order valence-electron chi connectivity index (χ3n) is 11.9. The maximum Gasteiger partial charge on any atom is 0.407 e. The Hall–Kier alpha value is -6.02. The van der Waals surface area contributed by atoms with E-state index in [1.54, 1.807) is 30.4 Å². The van der Waals surface area contributed by atoms with E-state index in [2.05, 4.69) is 84.6 Å². The molecule has 4 heterocycles. The van der Waals surface area contributed by atoms with Crippen LogP contribution in [0.5, 0.6) is 0 Å². The summed E-state index contributed by atoms with van der Waals surface area (Å²) in [4.78, 5) is 61.4. The zero-order valence-corrected chi connectivity index (χ0v) is 31.7. The van der Waals surface area contributed by atoms with Crippen molar-refractivity contribution in [3.8, 4) is 33.6 Å². The second kappa shape index (κ2) is 16.0. The molecule has 290 valence electrons. The number of anilines is 1. The predicted molar refractivity (Wildman–Crippen MR) is 210 cm³/mol. The van der Waals surface area contributed by atoms with Gasteiger partial charge in [-0.05, 0) is 85.3 Å². The van der Waals surface area contributed by atoms with Crippen LogP contribution in [-0.2, 0) is 19.1 Å². The lowest BCUT2D eigenvalue weighted by Gasteiger charge is -2.30. The molecule has 3 aliphatic rings. The Kier molecular flexibility index (Phi) is 10.5. The molecule has 2 aliphatic carbocycles. The second-order valence-corrected chi connectivity index (χ2v) is 15.0. The van der Waals surface area contributed by atoms with E-state index in [0.717, 1.165) is 77.3 Å². The molecular weight excluding hydrogens is 711 g/mol. The summed E-state index contributed by atoms with van der Waals surface area (Å²) in [6, 6.07) is 19.3. The molecule has 14 heteroatoms. The third-order valence-corrected chi connectivity index (χ3v) is 11.9. The average Bonchev–Trinajstić information content (AvgIpc) is 4.10. The van der Waals surface area contributed by atoms with Gasteiger partial charge in [0.2, 0.25) is 11.8 Å². The Labute approximate surface area is 325 Å². The van der Waals surface area contributed by atoms with Crippen LogP contribution in [0.15, 0.2) is 85.5 Å². The smallest absolute Gasteiger partial charge is 0.407 e. The number of hydrazine groups is 1. The van der Waals surface area contributed by atoms with Crippen molar-refractivity contribution in [2.45, 2.75) is 63.1 Å². The number of aromatic amines is 2. The molecule has 3 unspecified atom stereocenters. The molecule has 0 radical (unpaired) electrons. The van der Waals surface area contributed by atoms with Crippen LogP contribution in [0.2, 0.25) is 0 Å². The summed E-state index contributed by atoms with van der Waals surface area (Å²) in [5.74, 6) is 2.04. The summed E-state index contributed by atoms with van der Waals surface area (Å²) in [6.07, 6.45) is 10.6. The van der Waals surface area contributed by atoms with Gasteiger partial charge in [0.15, 0.2) is 0 Å². The van der Waals surface area contributed by atoms with Crippen LogP contribution in [0.3, 0.4) is 0 Å². The molecule has 0 spiro atoms. The van der Waals surface area contributed by atoms with Gasteiger partial charge >= 0.3 is 6.09 Å². The van der Waals surface area contributed by atoms with Crippen molar-refractivity contribution in [3.05, 3.63) is 97.1 Å². The van der Waals surface area contributed by atoms with Crippen LogP contribution in [0.25, 0.3) is 33.6 Å². The van der Waals surface area contributed by atoms with Crippen LogP contribution >= 0.6 is 0 Å². The van der Waals surface area contributed by atoms with E-state index in [1.165, 1.54) is 14.2 Å². The van der Waals surface area contributed by atoms with Crippen LogP contribution < -0.4 is 16.2 Å². The van der Waals surface area contributed by atoms with Crippen LogP contribution in [0.4, 0.5) is 10.5 Å². The summed E-state index contributed by atoms with van der Waals surface area (Å²) in [5, 5.41) is 2.63. The van der Waals surface area contributed by atoms with Gasteiger partial charge in [-0.1, -0.05) is 48.5 Å². The number of hydrogen-bond donors (Lipinski definition) is 5. The van der Waals surface area contributed by atoms with Crippen molar-refractivity contribution < 1.29 is 23.9 Å². The zero-order chi connectivity index (χ0) is 38.8. The first kappa shape index (κ1) is 36.9. The molecular formula is C42H47N9O5. The Morgan fingerprint density at radius 2 is 1.46 bits per heavy atom. The van der Waals surface area contributed by atoms with Gasteiger partial charge < -0.3 is 29.7 Å². The molecule has 8 rings (SSSR count). The number of nitrogens with one attached hydrogen (secondary N) is 5. The highest BCUT2D eigenvalue weighted by molar-refractivity contribution is 5.87. The van der Waals surface area contributed by atoms with Gasteiger partial charge in [0.25, 0.3) is 0 Å². The number of carbonyl (C=O) groups is 3. The maximum absolute atomic E-state index is 13.6. The Balaban J connectivity index is 0.918. The highest BCUT2D eigenvalue weighted by atomic mass is 16.5. The van der Waals surface area contributed by atoms with Crippen molar-refractivity contribution in [2.24, 2.45) is 17.8 Å². The number of amides is 3. The number of H-pyrrole nitrogens is 2. The zero-order valence-electron chi connectivity index (χ0n) is 31.7. The third kappa shape index (κ3) is 7.36. The van der Waals surface area contributed by atoms with Crippen molar-refractivity contribution in [1.29, 1.82) is 0 Å². The van der Waals surface area contributed by atoms with Crippen molar-refractivity contribution in [2.75, 3.05) is 26.2 Å². The second-order valence-electron chi connectivity index (χ2n) is 15.0. The lowest BCUT2D eigenvalue weighted by Crippen LogP contribution is -2.54. The van der Waals surface area contributed by atoms with E-state index in [0.29, 0.717) is 24.2 Å². The van der Waals surface area contributed by atoms with Crippen LogP contribution in [-0.4, -0.2) is 80.6 Å². The molecule has 5 N–H and O–H groups in total. The van der Waals surface area contributed by atoms with E-state index in [1.807, 2.05) is 18.3 Å². The molecule has 56 heavy (non-hydrogen) atoms. The number of imidazole rings is 2. The fourth-order valence-electron chi connectivity index (χ4n) is 8.90. The molecule has 14 nitrogen and oxygen atoms in total. The van der Waals surface area contributed by atoms with Gasteiger partial charge in [-0.2, -0.15) is 0 Å². The maximum atomic E-state index is 13.6. The minimum absolute atomic E-state index is 0.00256. The topological polar surface area (TPSA) is 179 Å². The molecule has 2 saturated carbocycles. The van der Waals surface area contributed by atoms with Crippen molar-refractivity contribution in [1.82, 2.24) is 40.6 Å². The number of fused-ring (bicyclic) bond motifs is 2. The van der Waals surface area contributed by atoms with Crippen LogP contribution in [0, 0.1) is 17.8 Å². The molecule has 1 saturated heterocycles. The highest BCUT2D eigenvalue weighted by Gasteiger charge is 2.52. The van der Waals surface area contributed by atoms with E-state index < -0.39 is 18.2 Å². The lowest BCUT2D eigenvalue weighted by molar-refractivity contribution is -0.137. The van der Waals surface area contributed by atoms with Gasteiger partial charge in [0.1, 0.15) is 17.7 Å². The normalized spacial score (nSPS) is 22.4. The highest BCUT2D eigenvalue weighted by Crippen LogP contribution is 2.56. The lowest BCUT2D eigenvalue weighted by atomic mass is 9.78. The standard InChI is InChI=1S/C42H47N9O5/c1-24(55-2)37(48-42(54)56-3)41(53)51-19-5-7-34(51)38-44-22-32(46-38)27-12-8-25(9-13-27)26-10-14-28(15-11-26)33-23-45-39(47-33)35-29-16-17-30(20-29)36(35)40(52)50-49-31-6-4-18-43-21-31/h4,6,8-15,18,21-24,29-30,34-37,49H,5,7,16-17,19-20H2,1-3H3,(H,44,46)(H,45,47)(H,48,54)(H,50,52)/t24-,29?,30?,34+,35?,36+,37+/m1/s1. The Morgan fingerprint density at radius 3 is 2.11 bits per heavy atom. The summed E-state index contributed by atoms with van der Waals surface area (Å²) >= 11 is 0. The Morgan fingerprint density at radius 1 is 0.821 bits per heavy atom. The first-order valence-corrected chi connectivity index (χ1v) is 19.3. The minimum Gasteiger partial charge on any atom is -0.453 e. The number of benzene rings is 2. The molecule has 7 atom stereocenters. The molecule has 2 aromatic carbocycles. The first-order valence-electron chi connectivity index (χ1n) is 19.3. The average molecular weight is 758 g/mol. The number of aromatic nitrogens is 5. The number of ether oxygens (including phenoxy) is 2. The molecule has 1 aliphatic heterocycles. The number of methoxy groups -OCH3 is 2. The fourth-order valence-corrected chi connectivity index (χ4v) is 8.90. The molecule has 5 aromatic rings. The van der Waals surface area contributed by atoms with Gasteiger partial charge in [-0.15, -0.1) is 0 Å². The van der Waals surface area contributed by atoms with Crippen molar-refractivity contribution >= 4 is 23.6 Å². The molecule has 3 amide bonds. The van der Waals surface area contributed by atoms with E-state index in [9.17, 15) is 14.4 Å². The Bertz CT molecular complexity index is 2150. The minimum atomic E-state index is -0.887. The number of rotatable bonds is 12. The summed E-state index contributed by atoms with van der Waals surface area (Å²) in [6.45, 7) is 2.29.